The minimum absolute atomic E-state index is 0.162. The summed E-state index contributed by atoms with van der Waals surface area (Å²) in [7, 11) is 0. The normalized spacial score (nSPS) is 10.1. The number of nitrogens with zero attached hydrogens (tertiary/aromatic N) is 1. The molecule has 1 rings (SSSR count). The minimum atomic E-state index is 0.162. The van der Waals surface area contributed by atoms with Gasteiger partial charge in [-0.05, 0) is 24.7 Å². The first-order valence-electron chi connectivity index (χ1n) is 4.33. The molecule has 0 radical (unpaired) electrons. The lowest BCUT2D eigenvalue weighted by molar-refractivity contribution is 0.303. The predicted molar refractivity (Wildman–Crippen MR) is 61.9 cm³/mol. The molecule has 14 heavy (non-hydrogen) atoms. The molecular formula is C11H11NOS. The first kappa shape index (κ1) is 10.8. The molecule has 0 unspecified atom stereocenters. The second-order valence-corrected chi connectivity index (χ2v) is 2.86. The molecule has 0 spiro atoms. The van der Waals surface area contributed by atoms with Gasteiger partial charge in [0.15, 0.2) is 0 Å². The zero-order chi connectivity index (χ0) is 10.2. The van der Waals surface area contributed by atoms with Crippen LogP contribution in [0.3, 0.4) is 0 Å². The summed E-state index contributed by atoms with van der Waals surface area (Å²) in [5, 5.41) is 11.0. The standard InChI is InChI=1S/C11H11NOS/c13-8-4-3-6-10-5-1-2-7-11(10)12-9-14/h1-3,5-7,13H,4,8H2. The zero-order valence-electron chi connectivity index (χ0n) is 7.68. The zero-order valence-corrected chi connectivity index (χ0v) is 8.50. The van der Waals surface area contributed by atoms with Crippen molar-refractivity contribution in [1.29, 1.82) is 0 Å². The van der Waals surface area contributed by atoms with E-state index < -0.39 is 0 Å². The van der Waals surface area contributed by atoms with E-state index in [1.165, 1.54) is 0 Å². The highest BCUT2D eigenvalue weighted by Crippen LogP contribution is 2.19. The number of aliphatic imine (C=N–C) groups is 1. The summed E-state index contributed by atoms with van der Waals surface area (Å²) in [6.07, 6.45) is 4.47. The minimum Gasteiger partial charge on any atom is -0.396 e. The highest BCUT2D eigenvalue weighted by molar-refractivity contribution is 7.78. The molecule has 0 fully saturated rings. The summed E-state index contributed by atoms with van der Waals surface area (Å²) < 4.78 is 0. The first-order chi connectivity index (χ1) is 6.88. The van der Waals surface area contributed by atoms with Gasteiger partial charge in [-0.3, -0.25) is 0 Å². The van der Waals surface area contributed by atoms with Gasteiger partial charge in [0.25, 0.3) is 0 Å². The third-order valence-corrected chi connectivity index (χ3v) is 1.79. The monoisotopic (exact) mass is 205 g/mol. The van der Waals surface area contributed by atoms with Gasteiger partial charge in [-0.1, -0.05) is 30.4 Å². The summed E-state index contributed by atoms with van der Waals surface area (Å²) >= 11 is 4.55. The van der Waals surface area contributed by atoms with Crippen LogP contribution in [0.4, 0.5) is 5.69 Å². The maximum Gasteiger partial charge on any atom is 0.0811 e. The number of aliphatic hydroxyl groups excluding tert-OH is 1. The van der Waals surface area contributed by atoms with Crippen LogP contribution in [0.1, 0.15) is 12.0 Å². The summed E-state index contributed by atoms with van der Waals surface area (Å²) in [6.45, 7) is 0.162. The van der Waals surface area contributed by atoms with Crippen LogP contribution in [-0.2, 0) is 0 Å². The number of aliphatic hydroxyl groups is 1. The molecule has 0 aliphatic carbocycles. The molecule has 0 atom stereocenters. The van der Waals surface area contributed by atoms with Crippen LogP contribution < -0.4 is 0 Å². The number of hydrogen-bond acceptors (Lipinski definition) is 3. The van der Waals surface area contributed by atoms with Crippen LogP contribution in [0.5, 0.6) is 0 Å². The molecule has 0 saturated carbocycles. The molecule has 0 heterocycles. The van der Waals surface area contributed by atoms with Crippen molar-refractivity contribution in [1.82, 2.24) is 0 Å². The van der Waals surface area contributed by atoms with Crippen LogP contribution in [0.2, 0.25) is 0 Å². The van der Waals surface area contributed by atoms with E-state index in [9.17, 15) is 0 Å². The van der Waals surface area contributed by atoms with Gasteiger partial charge in [-0.15, -0.1) is 0 Å². The third kappa shape index (κ3) is 3.23. The summed E-state index contributed by atoms with van der Waals surface area (Å²) in [5.74, 6) is 0. The van der Waals surface area contributed by atoms with Crippen molar-refractivity contribution >= 4 is 29.1 Å². The molecule has 0 aliphatic heterocycles. The van der Waals surface area contributed by atoms with E-state index in [0.29, 0.717) is 6.42 Å². The number of para-hydroxylation sites is 1. The summed E-state index contributed by atoms with van der Waals surface area (Å²) in [4.78, 5) is 3.94. The van der Waals surface area contributed by atoms with E-state index >= 15 is 0 Å². The van der Waals surface area contributed by atoms with Crippen molar-refractivity contribution < 1.29 is 5.11 Å². The largest absolute Gasteiger partial charge is 0.396 e. The molecule has 1 N–H and O–H groups in total. The molecule has 3 heteroatoms. The predicted octanol–water partition coefficient (Wildman–Crippen LogP) is 2.82. The average Bonchev–Trinajstić information content (AvgIpc) is 2.21. The van der Waals surface area contributed by atoms with Gasteiger partial charge in [0.1, 0.15) is 0 Å². The van der Waals surface area contributed by atoms with Crippen LogP contribution in [0.15, 0.2) is 35.3 Å². The topological polar surface area (TPSA) is 32.6 Å². The Kier molecular flexibility index (Phi) is 4.79. The molecule has 0 amide bonds. The quantitative estimate of drug-likeness (QED) is 0.605. The van der Waals surface area contributed by atoms with Gasteiger partial charge in [0.05, 0.1) is 10.8 Å². The molecule has 2 nitrogen and oxygen atoms in total. The fourth-order valence-corrected chi connectivity index (χ4v) is 1.16. The smallest absolute Gasteiger partial charge is 0.0811 e. The van der Waals surface area contributed by atoms with Crippen LogP contribution in [-0.4, -0.2) is 16.9 Å². The van der Waals surface area contributed by atoms with E-state index in [0.717, 1.165) is 11.3 Å². The maximum atomic E-state index is 8.61. The highest BCUT2D eigenvalue weighted by Gasteiger charge is 1.93. The number of thiocarbonyl (C=S) groups is 1. The Morgan fingerprint density at radius 2 is 2.21 bits per heavy atom. The Hall–Kier alpha value is -1.28. The van der Waals surface area contributed by atoms with Crippen molar-refractivity contribution in [3.63, 3.8) is 0 Å². The van der Waals surface area contributed by atoms with Crippen molar-refractivity contribution in [2.75, 3.05) is 6.61 Å². The van der Waals surface area contributed by atoms with Crippen molar-refractivity contribution in [3.05, 3.63) is 35.9 Å². The molecular weight excluding hydrogens is 194 g/mol. The van der Waals surface area contributed by atoms with Gasteiger partial charge in [-0.25, -0.2) is 0 Å². The van der Waals surface area contributed by atoms with Gasteiger partial charge in [-0.2, -0.15) is 4.99 Å². The van der Waals surface area contributed by atoms with E-state index in [1.54, 1.807) is 0 Å². The second kappa shape index (κ2) is 6.22. The van der Waals surface area contributed by atoms with Crippen LogP contribution in [0.25, 0.3) is 6.08 Å². The lowest BCUT2D eigenvalue weighted by Crippen LogP contribution is -1.77. The third-order valence-electron chi connectivity index (χ3n) is 1.70. The Morgan fingerprint density at radius 1 is 1.43 bits per heavy atom. The van der Waals surface area contributed by atoms with Crippen LogP contribution in [0, 0.1) is 0 Å². The van der Waals surface area contributed by atoms with E-state index in [2.05, 4.69) is 22.4 Å². The fourth-order valence-electron chi connectivity index (χ4n) is 1.06. The molecule has 0 bridgehead atoms. The van der Waals surface area contributed by atoms with Crippen molar-refractivity contribution in [2.24, 2.45) is 4.99 Å². The number of benzene rings is 1. The summed E-state index contributed by atoms with van der Waals surface area (Å²) in [5.41, 5.74) is 1.79. The van der Waals surface area contributed by atoms with Crippen molar-refractivity contribution in [3.8, 4) is 0 Å². The number of isothiocyanates is 1. The number of rotatable bonds is 4. The Labute approximate surface area is 88.6 Å². The second-order valence-electron chi connectivity index (χ2n) is 2.68. The molecule has 0 aliphatic rings. The lowest BCUT2D eigenvalue weighted by atomic mass is 10.1. The Bertz CT molecular complexity index is 367. The van der Waals surface area contributed by atoms with Crippen LogP contribution >= 0.6 is 12.2 Å². The van der Waals surface area contributed by atoms with Gasteiger partial charge >= 0.3 is 0 Å². The molecule has 0 aromatic heterocycles. The van der Waals surface area contributed by atoms with Gasteiger partial charge in [0, 0.05) is 12.2 Å². The SMILES string of the molecule is OCCC=Cc1ccccc1N=C=S. The number of hydrogen-bond donors (Lipinski definition) is 1. The molecule has 1 aromatic rings. The molecule has 72 valence electrons. The Balaban J connectivity index is 2.89. The molecule has 0 saturated heterocycles. The highest BCUT2D eigenvalue weighted by atomic mass is 32.1. The summed E-state index contributed by atoms with van der Waals surface area (Å²) in [6, 6.07) is 7.65. The fraction of sp³-hybridized carbons (Fsp3) is 0.182. The van der Waals surface area contributed by atoms with Crippen molar-refractivity contribution in [2.45, 2.75) is 6.42 Å². The average molecular weight is 205 g/mol. The Morgan fingerprint density at radius 3 is 2.93 bits per heavy atom. The van der Waals surface area contributed by atoms with Gasteiger partial charge < -0.3 is 5.11 Å². The van der Waals surface area contributed by atoms with Gasteiger partial charge in [0.2, 0.25) is 0 Å². The maximum absolute atomic E-state index is 8.61. The van der Waals surface area contributed by atoms with E-state index in [1.807, 2.05) is 36.4 Å². The lowest BCUT2D eigenvalue weighted by Gasteiger charge is -1.97. The van der Waals surface area contributed by atoms with E-state index in [-0.39, 0.29) is 6.61 Å². The van der Waals surface area contributed by atoms with E-state index in [4.69, 9.17) is 5.11 Å². The first-order valence-corrected chi connectivity index (χ1v) is 4.73. The molecule has 1 aromatic carbocycles.